The third-order valence-corrected chi connectivity index (χ3v) is 4.21. The normalized spacial score (nSPS) is 11.2. The minimum absolute atomic E-state index is 0.392. The molecule has 0 radical (unpaired) electrons. The van der Waals surface area contributed by atoms with Crippen LogP contribution in [0.1, 0.15) is 17.0 Å². The van der Waals surface area contributed by atoms with Crippen LogP contribution >= 0.6 is 27.5 Å². The molecule has 0 fully saturated rings. The Bertz CT molecular complexity index is 793. The van der Waals surface area contributed by atoms with Gasteiger partial charge in [0.2, 0.25) is 0 Å². The minimum Gasteiger partial charge on any atom is -0.295 e. The lowest BCUT2D eigenvalue weighted by molar-refractivity contribution is 0.971. The molecule has 1 heterocycles. The Morgan fingerprint density at radius 3 is 2.65 bits per heavy atom. The third kappa shape index (κ3) is 2.15. The van der Waals surface area contributed by atoms with E-state index in [1.54, 1.807) is 0 Å². The monoisotopic (exact) mass is 348 g/mol. The van der Waals surface area contributed by atoms with Gasteiger partial charge in [0, 0.05) is 4.47 Å². The van der Waals surface area contributed by atoms with Crippen LogP contribution in [0.4, 0.5) is 0 Å². The number of aromatic nitrogens is 2. The number of para-hydroxylation sites is 1. The molecule has 0 aliphatic carbocycles. The van der Waals surface area contributed by atoms with Crippen LogP contribution in [0.25, 0.3) is 16.7 Å². The molecule has 0 spiro atoms. The summed E-state index contributed by atoms with van der Waals surface area (Å²) in [5, 5.41) is 0. The number of hydrogen-bond acceptors (Lipinski definition) is 1. The van der Waals surface area contributed by atoms with Crippen molar-refractivity contribution in [3.05, 3.63) is 57.8 Å². The fourth-order valence-electron chi connectivity index (χ4n) is 2.52. The number of imidazole rings is 1. The average Bonchev–Trinajstić information content (AvgIpc) is 2.79. The molecule has 0 saturated carbocycles. The molecule has 102 valence electrons. The van der Waals surface area contributed by atoms with Crippen LogP contribution < -0.4 is 0 Å². The average molecular weight is 350 g/mol. The van der Waals surface area contributed by atoms with Crippen molar-refractivity contribution >= 4 is 38.6 Å². The van der Waals surface area contributed by atoms with Gasteiger partial charge in [-0.3, -0.25) is 4.57 Å². The van der Waals surface area contributed by atoms with E-state index in [-0.39, 0.29) is 0 Å². The zero-order valence-electron chi connectivity index (χ0n) is 11.3. The number of aryl methyl sites for hydroxylation is 2. The Morgan fingerprint density at radius 1 is 1.15 bits per heavy atom. The van der Waals surface area contributed by atoms with E-state index in [2.05, 4.69) is 69.7 Å². The van der Waals surface area contributed by atoms with Gasteiger partial charge in [0.05, 0.1) is 22.6 Å². The highest BCUT2D eigenvalue weighted by Gasteiger charge is 2.14. The maximum absolute atomic E-state index is 6.10. The van der Waals surface area contributed by atoms with E-state index in [0.29, 0.717) is 5.88 Å². The number of nitrogens with zero attached hydrogens (tertiary/aromatic N) is 2. The summed E-state index contributed by atoms with van der Waals surface area (Å²) in [5.41, 5.74) is 5.60. The molecule has 0 bridgehead atoms. The first-order valence-corrected chi connectivity index (χ1v) is 7.74. The lowest BCUT2D eigenvalue weighted by atomic mass is 10.1. The van der Waals surface area contributed by atoms with Crippen LogP contribution in [0.5, 0.6) is 0 Å². The number of hydrogen-bond donors (Lipinski definition) is 0. The van der Waals surface area contributed by atoms with Gasteiger partial charge in [0.15, 0.2) is 0 Å². The van der Waals surface area contributed by atoms with E-state index in [9.17, 15) is 0 Å². The van der Waals surface area contributed by atoms with Gasteiger partial charge in [-0.05, 0) is 49.2 Å². The van der Waals surface area contributed by atoms with Crippen LogP contribution in [0.2, 0.25) is 0 Å². The van der Waals surface area contributed by atoms with E-state index < -0.39 is 0 Å². The van der Waals surface area contributed by atoms with Gasteiger partial charge in [-0.25, -0.2) is 4.98 Å². The van der Waals surface area contributed by atoms with Crippen LogP contribution in [0, 0.1) is 13.8 Å². The van der Waals surface area contributed by atoms with Crippen molar-refractivity contribution in [2.75, 3.05) is 0 Å². The molecule has 1 aromatic heterocycles. The summed E-state index contributed by atoms with van der Waals surface area (Å²) in [6.07, 6.45) is 0. The molecule has 2 aromatic carbocycles. The second-order valence-electron chi connectivity index (χ2n) is 4.87. The predicted octanol–water partition coefficient (Wildman–Crippen LogP) is 5.14. The summed E-state index contributed by atoms with van der Waals surface area (Å²) in [7, 11) is 0. The Kier molecular flexibility index (Phi) is 3.57. The Balaban J connectivity index is 2.37. The first kappa shape index (κ1) is 13.7. The molecule has 3 rings (SSSR count). The Labute approximate surface area is 131 Å². The molecular weight excluding hydrogens is 336 g/mol. The highest BCUT2D eigenvalue weighted by Crippen LogP contribution is 2.27. The highest BCUT2D eigenvalue weighted by atomic mass is 79.9. The summed E-state index contributed by atoms with van der Waals surface area (Å²) < 4.78 is 3.23. The van der Waals surface area contributed by atoms with Gasteiger partial charge in [-0.2, -0.15) is 0 Å². The zero-order chi connectivity index (χ0) is 14.3. The third-order valence-electron chi connectivity index (χ3n) is 3.48. The molecule has 2 nitrogen and oxygen atoms in total. The number of alkyl halides is 1. The van der Waals surface area contributed by atoms with E-state index in [4.69, 9.17) is 11.6 Å². The van der Waals surface area contributed by atoms with E-state index in [1.807, 2.05) is 6.07 Å². The lowest BCUT2D eigenvalue weighted by Crippen LogP contribution is -2.01. The number of rotatable bonds is 2. The maximum atomic E-state index is 6.10. The van der Waals surface area contributed by atoms with Gasteiger partial charge in [-0.15, -0.1) is 11.6 Å². The minimum atomic E-state index is 0.392. The molecule has 4 heteroatoms. The molecule has 0 saturated heterocycles. The van der Waals surface area contributed by atoms with Crippen molar-refractivity contribution in [1.82, 2.24) is 9.55 Å². The summed E-state index contributed by atoms with van der Waals surface area (Å²) >= 11 is 9.60. The molecule has 0 aliphatic rings. The standard InChI is InChI=1S/C16H14BrClN2/c1-10-4-3-5-14-16(10)19-15(9-18)20(14)13-7-6-12(17)8-11(13)2/h3-8H,9H2,1-2H3. The van der Waals surface area contributed by atoms with Gasteiger partial charge in [0.25, 0.3) is 0 Å². The predicted molar refractivity (Wildman–Crippen MR) is 87.8 cm³/mol. The fourth-order valence-corrected chi connectivity index (χ4v) is 3.17. The van der Waals surface area contributed by atoms with Crippen molar-refractivity contribution in [3.63, 3.8) is 0 Å². The van der Waals surface area contributed by atoms with Crippen molar-refractivity contribution < 1.29 is 0 Å². The number of benzene rings is 2. The van der Waals surface area contributed by atoms with Crippen molar-refractivity contribution in [1.29, 1.82) is 0 Å². The molecule has 0 aliphatic heterocycles. The van der Waals surface area contributed by atoms with Crippen LogP contribution in [-0.2, 0) is 5.88 Å². The molecule has 0 amide bonds. The zero-order valence-corrected chi connectivity index (χ0v) is 13.7. The van der Waals surface area contributed by atoms with Gasteiger partial charge in [-0.1, -0.05) is 28.1 Å². The molecule has 0 unspecified atom stereocenters. The van der Waals surface area contributed by atoms with Crippen molar-refractivity contribution in [2.45, 2.75) is 19.7 Å². The van der Waals surface area contributed by atoms with Gasteiger partial charge in [0.1, 0.15) is 5.82 Å². The van der Waals surface area contributed by atoms with Crippen LogP contribution in [0.15, 0.2) is 40.9 Å². The maximum Gasteiger partial charge on any atom is 0.129 e. The molecule has 20 heavy (non-hydrogen) atoms. The quantitative estimate of drug-likeness (QED) is 0.585. The highest BCUT2D eigenvalue weighted by molar-refractivity contribution is 9.10. The summed E-state index contributed by atoms with van der Waals surface area (Å²) in [5.74, 6) is 1.27. The summed E-state index contributed by atoms with van der Waals surface area (Å²) in [6, 6.07) is 12.5. The summed E-state index contributed by atoms with van der Waals surface area (Å²) in [6.45, 7) is 4.17. The first-order chi connectivity index (χ1) is 9.61. The smallest absolute Gasteiger partial charge is 0.129 e. The Morgan fingerprint density at radius 2 is 1.95 bits per heavy atom. The second kappa shape index (κ2) is 5.23. The summed E-state index contributed by atoms with van der Waals surface area (Å²) in [4.78, 5) is 4.69. The van der Waals surface area contributed by atoms with Gasteiger partial charge >= 0.3 is 0 Å². The second-order valence-corrected chi connectivity index (χ2v) is 6.05. The van der Waals surface area contributed by atoms with Crippen LogP contribution in [0.3, 0.4) is 0 Å². The molecule has 3 aromatic rings. The molecule has 0 N–H and O–H groups in total. The fraction of sp³-hybridized carbons (Fsp3) is 0.188. The lowest BCUT2D eigenvalue weighted by Gasteiger charge is -2.11. The van der Waals surface area contributed by atoms with Crippen molar-refractivity contribution in [3.8, 4) is 5.69 Å². The van der Waals surface area contributed by atoms with E-state index in [0.717, 1.165) is 27.0 Å². The first-order valence-electron chi connectivity index (χ1n) is 6.41. The molecule has 0 atom stereocenters. The molecular formula is C16H14BrClN2. The SMILES string of the molecule is Cc1cc(Br)ccc1-n1c(CCl)nc2c(C)cccc21. The number of fused-ring (bicyclic) bond motifs is 1. The van der Waals surface area contributed by atoms with Gasteiger partial charge < -0.3 is 0 Å². The van der Waals surface area contributed by atoms with E-state index in [1.165, 1.54) is 11.1 Å². The topological polar surface area (TPSA) is 17.8 Å². The Hall–Kier alpha value is -1.32. The van der Waals surface area contributed by atoms with E-state index >= 15 is 0 Å². The van der Waals surface area contributed by atoms with Crippen molar-refractivity contribution in [2.24, 2.45) is 0 Å². The largest absolute Gasteiger partial charge is 0.295 e. The number of halogens is 2. The van der Waals surface area contributed by atoms with Crippen LogP contribution in [-0.4, -0.2) is 9.55 Å².